The van der Waals surface area contributed by atoms with Crippen molar-refractivity contribution in [2.75, 3.05) is 0 Å². The van der Waals surface area contributed by atoms with Gasteiger partial charge in [-0.15, -0.1) is 0 Å². The van der Waals surface area contributed by atoms with Crippen LogP contribution < -0.4 is 0 Å². The zero-order valence-electron chi connectivity index (χ0n) is 28.0. The van der Waals surface area contributed by atoms with Crippen molar-refractivity contribution >= 4 is 27.5 Å². The molecule has 52 heavy (non-hydrogen) atoms. The minimum absolute atomic E-state index is 0.622. The molecule has 0 unspecified atom stereocenters. The molecule has 0 aliphatic heterocycles. The van der Waals surface area contributed by atoms with Gasteiger partial charge in [0.15, 0.2) is 17.5 Å². The summed E-state index contributed by atoms with van der Waals surface area (Å²) in [6, 6.07) is 58.6. The summed E-state index contributed by atoms with van der Waals surface area (Å²) >= 11 is 0. The second kappa shape index (κ2) is 12.3. The van der Waals surface area contributed by atoms with Gasteiger partial charge in [0.1, 0.15) is 5.65 Å². The molecule has 0 saturated heterocycles. The summed E-state index contributed by atoms with van der Waals surface area (Å²) < 4.78 is 4.36. The first-order valence-corrected chi connectivity index (χ1v) is 17.3. The molecule has 4 aromatic heterocycles. The molecule has 6 nitrogen and oxygen atoms in total. The van der Waals surface area contributed by atoms with E-state index in [2.05, 4.69) is 126 Å². The Morgan fingerprint density at radius 3 is 1.69 bits per heavy atom. The third-order valence-electron chi connectivity index (χ3n) is 9.64. The maximum absolute atomic E-state index is 5.18. The highest BCUT2D eigenvalue weighted by Gasteiger charge is 2.20. The molecule has 0 N–H and O–H groups in total. The van der Waals surface area contributed by atoms with Gasteiger partial charge in [0.05, 0.1) is 16.7 Å². The highest BCUT2D eigenvalue weighted by molar-refractivity contribution is 6.13. The Bertz CT molecular complexity index is 2840. The SMILES string of the molecule is c1ccc(-c2nc(-c3ccc(-c4ccc(-c5cn6ccccc6n5)cc4)cc3)nc(-c3cccc4c5ccccc5n(-c5ccccc5)c34)n2)cc1. The number of benzene rings is 6. The fourth-order valence-electron chi connectivity index (χ4n) is 7.11. The molecular formula is C46H30N6. The van der Waals surface area contributed by atoms with Gasteiger partial charge in [0.25, 0.3) is 0 Å². The van der Waals surface area contributed by atoms with Gasteiger partial charge in [0, 0.05) is 51.1 Å². The lowest BCUT2D eigenvalue weighted by molar-refractivity contribution is 1.07. The molecule has 6 aromatic carbocycles. The molecule has 0 saturated carbocycles. The Morgan fingerprint density at radius 2 is 0.962 bits per heavy atom. The molecule has 10 aromatic rings. The van der Waals surface area contributed by atoms with E-state index in [4.69, 9.17) is 19.9 Å². The molecule has 0 aliphatic carbocycles. The number of para-hydroxylation sites is 3. The lowest BCUT2D eigenvalue weighted by atomic mass is 10.0. The first-order chi connectivity index (χ1) is 25.8. The van der Waals surface area contributed by atoms with Crippen molar-refractivity contribution in [3.8, 4) is 62.2 Å². The van der Waals surface area contributed by atoms with E-state index in [-0.39, 0.29) is 0 Å². The Balaban J connectivity index is 1.08. The van der Waals surface area contributed by atoms with E-state index in [0.29, 0.717) is 17.5 Å². The summed E-state index contributed by atoms with van der Waals surface area (Å²) in [7, 11) is 0. The number of imidazole rings is 1. The molecule has 0 radical (unpaired) electrons. The minimum Gasteiger partial charge on any atom is -0.309 e. The fourth-order valence-corrected chi connectivity index (χ4v) is 7.11. The standard InChI is InChI=1S/C46H30N6/c1-3-12-34(13-4-1)44-48-45(35-27-23-32(24-28-35)31-21-25-33(26-22-31)40-30-51-29-10-9-20-42(51)47-40)50-46(49-44)39-18-11-17-38-37-16-7-8-19-41(37)52(43(38)39)36-14-5-2-6-15-36/h1-30H. The van der Waals surface area contributed by atoms with E-state index in [9.17, 15) is 0 Å². The topological polar surface area (TPSA) is 60.9 Å². The molecule has 10 rings (SSSR count). The summed E-state index contributed by atoms with van der Waals surface area (Å²) in [6.45, 7) is 0. The fraction of sp³-hybridized carbons (Fsp3) is 0. The van der Waals surface area contributed by atoms with E-state index in [0.717, 1.165) is 66.8 Å². The lowest BCUT2D eigenvalue weighted by Gasteiger charge is -2.13. The van der Waals surface area contributed by atoms with Crippen molar-refractivity contribution in [3.05, 3.63) is 182 Å². The number of aromatic nitrogens is 6. The Labute approximate surface area is 300 Å². The van der Waals surface area contributed by atoms with Crippen LogP contribution in [-0.4, -0.2) is 28.9 Å². The average Bonchev–Trinajstić information content (AvgIpc) is 3.81. The van der Waals surface area contributed by atoms with Crippen LogP contribution in [0.4, 0.5) is 0 Å². The number of hydrogen-bond acceptors (Lipinski definition) is 4. The number of rotatable bonds is 6. The van der Waals surface area contributed by atoms with Gasteiger partial charge < -0.3 is 8.97 Å². The average molecular weight is 667 g/mol. The molecule has 0 amide bonds. The van der Waals surface area contributed by atoms with Crippen molar-refractivity contribution in [2.24, 2.45) is 0 Å². The quantitative estimate of drug-likeness (QED) is 0.177. The zero-order valence-corrected chi connectivity index (χ0v) is 28.0. The van der Waals surface area contributed by atoms with Crippen LogP contribution >= 0.6 is 0 Å². The number of nitrogens with zero attached hydrogens (tertiary/aromatic N) is 6. The third kappa shape index (κ3) is 5.13. The molecule has 0 atom stereocenters. The summed E-state index contributed by atoms with van der Waals surface area (Å²) in [5.74, 6) is 1.88. The largest absolute Gasteiger partial charge is 0.309 e. The maximum Gasteiger partial charge on any atom is 0.166 e. The molecule has 0 fully saturated rings. The highest BCUT2D eigenvalue weighted by atomic mass is 15.0. The summed E-state index contributed by atoms with van der Waals surface area (Å²) in [5.41, 5.74) is 11.3. The Kier molecular flexibility index (Phi) is 7.03. The number of pyridine rings is 1. The first kappa shape index (κ1) is 29.7. The summed E-state index contributed by atoms with van der Waals surface area (Å²) in [5, 5.41) is 2.33. The molecule has 0 aliphatic rings. The van der Waals surface area contributed by atoms with Gasteiger partial charge in [-0.2, -0.15) is 0 Å². The highest BCUT2D eigenvalue weighted by Crippen LogP contribution is 2.38. The van der Waals surface area contributed by atoms with Gasteiger partial charge in [-0.05, 0) is 47.5 Å². The van der Waals surface area contributed by atoms with Crippen molar-refractivity contribution in [2.45, 2.75) is 0 Å². The predicted octanol–water partition coefficient (Wildman–Crippen LogP) is 11.0. The summed E-state index contributed by atoms with van der Waals surface area (Å²) in [6.07, 6.45) is 4.08. The van der Waals surface area contributed by atoms with Crippen LogP contribution in [-0.2, 0) is 0 Å². The Morgan fingerprint density at radius 1 is 0.385 bits per heavy atom. The number of fused-ring (bicyclic) bond motifs is 4. The monoisotopic (exact) mass is 666 g/mol. The lowest BCUT2D eigenvalue weighted by Crippen LogP contribution is -2.02. The third-order valence-corrected chi connectivity index (χ3v) is 9.64. The predicted molar refractivity (Wildman–Crippen MR) is 210 cm³/mol. The van der Waals surface area contributed by atoms with E-state index in [1.54, 1.807) is 0 Å². The van der Waals surface area contributed by atoms with E-state index in [1.807, 2.05) is 65.2 Å². The van der Waals surface area contributed by atoms with Gasteiger partial charge in [-0.3, -0.25) is 0 Å². The van der Waals surface area contributed by atoms with Gasteiger partial charge in [0.2, 0.25) is 0 Å². The molecule has 244 valence electrons. The molecule has 4 heterocycles. The minimum atomic E-state index is 0.622. The Hall–Kier alpha value is -7.18. The summed E-state index contributed by atoms with van der Waals surface area (Å²) in [4.78, 5) is 20.1. The molecular weight excluding hydrogens is 637 g/mol. The molecule has 0 spiro atoms. The van der Waals surface area contributed by atoms with Gasteiger partial charge in [-0.1, -0.05) is 133 Å². The van der Waals surface area contributed by atoms with Crippen LogP contribution in [0.3, 0.4) is 0 Å². The van der Waals surface area contributed by atoms with Crippen LogP contribution in [0.1, 0.15) is 0 Å². The smallest absolute Gasteiger partial charge is 0.166 e. The maximum atomic E-state index is 5.18. The molecule has 0 bridgehead atoms. The van der Waals surface area contributed by atoms with Crippen molar-refractivity contribution in [1.82, 2.24) is 28.9 Å². The number of hydrogen-bond donors (Lipinski definition) is 0. The van der Waals surface area contributed by atoms with Crippen LogP contribution in [0.25, 0.3) is 89.7 Å². The van der Waals surface area contributed by atoms with Crippen LogP contribution in [0, 0.1) is 0 Å². The van der Waals surface area contributed by atoms with Gasteiger partial charge in [-0.25, -0.2) is 19.9 Å². The second-order valence-electron chi connectivity index (χ2n) is 12.8. The van der Waals surface area contributed by atoms with Gasteiger partial charge >= 0.3 is 0 Å². The van der Waals surface area contributed by atoms with Crippen LogP contribution in [0.5, 0.6) is 0 Å². The van der Waals surface area contributed by atoms with Crippen molar-refractivity contribution < 1.29 is 0 Å². The van der Waals surface area contributed by atoms with E-state index in [1.165, 1.54) is 5.39 Å². The normalized spacial score (nSPS) is 11.5. The van der Waals surface area contributed by atoms with E-state index >= 15 is 0 Å². The van der Waals surface area contributed by atoms with Crippen LogP contribution in [0.15, 0.2) is 182 Å². The zero-order chi connectivity index (χ0) is 34.4. The second-order valence-corrected chi connectivity index (χ2v) is 12.8. The first-order valence-electron chi connectivity index (χ1n) is 17.3. The van der Waals surface area contributed by atoms with Crippen LogP contribution in [0.2, 0.25) is 0 Å². The van der Waals surface area contributed by atoms with E-state index < -0.39 is 0 Å². The molecule has 6 heteroatoms. The van der Waals surface area contributed by atoms with Crippen molar-refractivity contribution in [1.29, 1.82) is 0 Å². The van der Waals surface area contributed by atoms with Crippen molar-refractivity contribution in [3.63, 3.8) is 0 Å².